The van der Waals surface area contributed by atoms with Gasteiger partial charge >= 0.3 is 0 Å². The lowest BCUT2D eigenvalue weighted by molar-refractivity contribution is 0.417. The minimum atomic E-state index is -3.48. The molecule has 0 amide bonds. The highest BCUT2D eigenvalue weighted by Gasteiger charge is 2.24. The monoisotopic (exact) mass is 271 g/mol. The number of pyridine rings is 1. The van der Waals surface area contributed by atoms with Gasteiger partial charge in [-0.1, -0.05) is 13.8 Å². The molecule has 0 aliphatic carbocycles. The molecule has 1 aromatic rings. The molecule has 0 saturated heterocycles. The number of anilines is 1. The average Bonchev–Trinajstić information content (AvgIpc) is 2.29. The Morgan fingerprint density at radius 1 is 1.44 bits per heavy atom. The Balaban J connectivity index is 3.11. The number of hydrogen-bond donors (Lipinski definition) is 1. The van der Waals surface area contributed by atoms with Crippen molar-refractivity contribution in [3.63, 3.8) is 0 Å². The first kappa shape index (κ1) is 14.9. The Kier molecular flexibility index (Phi) is 5.10. The molecular formula is C12H21N3O2S. The first-order valence-electron chi connectivity index (χ1n) is 6.04. The Morgan fingerprint density at radius 3 is 2.67 bits per heavy atom. The number of sulfonamides is 1. The highest BCUT2D eigenvalue weighted by Crippen LogP contribution is 2.21. The van der Waals surface area contributed by atoms with Gasteiger partial charge in [-0.05, 0) is 25.0 Å². The van der Waals surface area contributed by atoms with Crippen LogP contribution in [0.3, 0.4) is 0 Å². The Bertz CT molecular complexity index is 486. The molecule has 0 unspecified atom stereocenters. The number of aromatic nitrogens is 1. The third kappa shape index (κ3) is 3.43. The molecule has 0 fully saturated rings. The van der Waals surface area contributed by atoms with Crippen molar-refractivity contribution in [1.82, 2.24) is 9.29 Å². The van der Waals surface area contributed by atoms with Gasteiger partial charge in [-0.25, -0.2) is 17.7 Å². The Hall–Kier alpha value is -1.14. The second-order valence-corrected chi connectivity index (χ2v) is 6.57. The normalized spacial score (nSPS) is 12.1. The van der Waals surface area contributed by atoms with Gasteiger partial charge in [0.05, 0.1) is 0 Å². The van der Waals surface area contributed by atoms with E-state index >= 15 is 0 Å². The van der Waals surface area contributed by atoms with Gasteiger partial charge in [-0.2, -0.15) is 0 Å². The van der Waals surface area contributed by atoms with Crippen molar-refractivity contribution in [3.8, 4) is 0 Å². The van der Waals surface area contributed by atoms with Crippen molar-refractivity contribution < 1.29 is 8.42 Å². The minimum Gasteiger partial charge on any atom is -0.369 e. The first-order chi connectivity index (χ1) is 8.39. The van der Waals surface area contributed by atoms with Crippen LogP contribution >= 0.6 is 0 Å². The van der Waals surface area contributed by atoms with E-state index in [1.165, 1.54) is 4.31 Å². The van der Waals surface area contributed by atoms with Crippen LogP contribution in [0.25, 0.3) is 0 Å². The standard InChI is InChI=1S/C12H21N3O2S/c1-5-13-12-11(7-6-8-14-12)18(16,17)15(4)9-10(2)3/h6-8,10H,5,9H2,1-4H3,(H,13,14). The number of nitrogens with zero attached hydrogens (tertiary/aromatic N) is 2. The summed E-state index contributed by atoms with van der Waals surface area (Å²) in [6.07, 6.45) is 1.58. The summed E-state index contributed by atoms with van der Waals surface area (Å²) in [5, 5.41) is 2.97. The molecule has 1 N–H and O–H groups in total. The fourth-order valence-electron chi connectivity index (χ4n) is 1.68. The molecule has 0 aliphatic rings. The molecule has 1 aromatic heterocycles. The van der Waals surface area contributed by atoms with E-state index < -0.39 is 10.0 Å². The predicted molar refractivity (Wildman–Crippen MR) is 73.1 cm³/mol. The van der Waals surface area contributed by atoms with Crippen molar-refractivity contribution in [2.45, 2.75) is 25.7 Å². The fraction of sp³-hybridized carbons (Fsp3) is 0.583. The lowest BCUT2D eigenvalue weighted by Gasteiger charge is -2.20. The van der Waals surface area contributed by atoms with Crippen LogP contribution in [0, 0.1) is 5.92 Å². The molecule has 0 bridgehead atoms. The summed E-state index contributed by atoms with van der Waals surface area (Å²) < 4.78 is 26.2. The van der Waals surface area contributed by atoms with Crippen molar-refractivity contribution in [3.05, 3.63) is 18.3 Å². The molecule has 6 heteroatoms. The lowest BCUT2D eigenvalue weighted by Crippen LogP contribution is -2.31. The molecule has 1 rings (SSSR count). The minimum absolute atomic E-state index is 0.231. The Labute approximate surface area is 109 Å². The maximum Gasteiger partial charge on any atom is 0.246 e. The van der Waals surface area contributed by atoms with Gasteiger partial charge in [0, 0.05) is 26.3 Å². The zero-order valence-electron chi connectivity index (χ0n) is 11.3. The van der Waals surface area contributed by atoms with Crippen LogP contribution in [0.1, 0.15) is 20.8 Å². The van der Waals surface area contributed by atoms with E-state index in [9.17, 15) is 8.42 Å². The zero-order chi connectivity index (χ0) is 13.8. The van der Waals surface area contributed by atoms with E-state index in [0.717, 1.165) is 0 Å². The molecule has 0 aromatic carbocycles. The smallest absolute Gasteiger partial charge is 0.246 e. The van der Waals surface area contributed by atoms with Crippen LogP contribution in [0.5, 0.6) is 0 Å². The maximum atomic E-state index is 12.4. The van der Waals surface area contributed by atoms with Crippen molar-refractivity contribution >= 4 is 15.8 Å². The molecule has 0 atom stereocenters. The summed E-state index contributed by atoms with van der Waals surface area (Å²) >= 11 is 0. The summed E-state index contributed by atoms with van der Waals surface area (Å²) in [6, 6.07) is 3.22. The largest absolute Gasteiger partial charge is 0.369 e. The van der Waals surface area contributed by atoms with E-state index in [1.54, 1.807) is 25.4 Å². The van der Waals surface area contributed by atoms with Crippen LogP contribution in [-0.4, -0.2) is 37.8 Å². The summed E-state index contributed by atoms with van der Waals surface area (Å²) in [5.41, 5.74) is 0. The zero-order valence-corrected chi connectivity index (χ0v) is 12.2. The number of hydrogen-bond acceptors (Lipinski definition) is 4. The van der Waals surface area contributed by atoms with Gasteiger partial charge in [0.25, 0.3) is 0 Å². The molecule has 0 aliphatic heterocycles. The first-order valence-corrected chi connectivity index (χ1v) is 7.48. The number of nitrogens with one attached hydrogen (secondary N) is 1. The SMILES string of the molecule is CCNc1ncccc1S(=O)(=O)N(C)CC(C)C. The van der Waals surface area contributed by atoms with Crippen LogP contribution in [0.2, 0.25) is 0 Å². The van der Waals surface area contributed by atoms with Crippen molar-refractivity contribution in [1.29, 1.82) is 0 Å². The third-order valence-electron chi connectivity index (χ3n) is 2.43. The maximum absolute atomic E-state index is 12.4. The van der Waals surface area contributed by atoms with E-state index in [4.69, 9.17) is 0 Å². The predicted octanol–water partition coefficient (Wildman–Crippen LogP) is 1.79. The highest BCUT2D eigenvalue weighted by molar-refractivity contribution is 7.89. The molecule has 0 spiro atoms. The van der Waals surface area contributed by atoms with Gasteiger partial charge in [-0.3, -0.25) is 0 Å². The number of rotatable bonds is 6. The van der Waals surface area contributed by atoms with Gasteiger partial charge in [0.15, 0.2) is 0 Å². The summed E-state index contributed by atoms with van der Waals surface area (Å²) in [7, 11) is -1.88. The van der Waals surface area contributed by atoms with Crippen molar-refractivity contribution in [2.24, 2.45) is 5.92 Å². The molecule has 0 radical (unpaired) electrons. The van der Waals surface area contributed by atoms with E-state index in [2.05, 4.69) is 10.3 Å². The Morgan fingerprint density at radius 2 is 2.11 bits per heavy atom. The van der Waals surface area contributed by atoms with Crippen LogP contribution in [0.15, 0.2) is 23.2 Å². The van der Waals surface area contributed by atoms with Gasteiger partial charge in [0.2, 0.25) is 10.0 Å². The van der Waals surface area contributed by atoms with E-state index in [0.29, 0.717) is 18.9 Å². The third-order valence-corrected chi connectivity index (χ3v) is 4.28. The molecule has 102 valence electrons. The van der Waals surface area contributed by atoms with Crippen LogP contribution in [0.4, 0.5) is 5.82 Å². The highest BCUT2D eigenvalue weighted by atomic mass is 32.2. The van der Waals surface area contributed by atoms with Crippen LogP contribution in [-0.2, 0) is 10.0 Å². The second-order valence-electron chi connectivity index (χ2n) is 4.56. The van der Waals surface area contributed by atoms with Crippen LogP contribution < -0.4 is 5.32 Å². The molecule has 5 nitrogen and oxygen atoms in total. The van der Waals surface area contributed by atoms with Gasteiger partial charge in [0.1, 0.15) is 10.7 Å². The molecule has 0 saturated carbocycles. The molecular weight excluding hydrogens is 250 g/mol. The molecule has 18 heavy (non-hydrogen) atoms. The average molecular weight is 271 g/mol. The summed E-state index contributed by atoms with van der Waals surface area (Å²) in [6.45, 7) is 7.00. The van der Waals surface area contributed by atoms with Crippen molar-refractivity contribution in [2.75, 3.05) is 25.5 Å². The van der Waals surface area contributed by atoms with E-state index in [-0.39, 0.29) is 10.8 Å². The van der Waals surface area contributed by atoms with Gasteiger partial charge < -0.3 is 5.32 Å². The summed E-state index contributed by atoms with van der Waals surface area (Å²) in [5.74, 6) is 0.694. The second kappa shape index (κ2) is 6.15. The topological polar surface area (TPSA) is 62.3 Å². The van der Waals surface area contributed by atoms with E-state index in [1.807, 2.05) is 20.8 Å². The van der Waals surface area contributed by atoms with Gasteiger partial charge in [-0.15, -0.1) is 0 Å². The quantitative estimate of drug-likeness (QED) is 0.857. The molecule has 1 heterocycles. The summed E-state index contributed by atoms with van der Waals surface area (Å²) in [4.78, 5) is 4.31. The fourth-order valence-corrected chi connectivity index (χ4v) is 3.13. The lowest BCUT2D eigenvalue weighted by atomic mass is 10.2.